The number of anilines is 3. The number of halogens is 2. The van der Waals surface area contributed by atoms with Gasteiger partial charge in [-0.3, -0.25) is 0 Å². The van der Waals surface area contributed by atoms with Gasteiger partial charge in [0.05, 0.1) is 12.1 Å². The number of furan rings is 1. The number of nitrogen functional groups attached to an aromatic ring is 1. The number of nitrogens with zero attached hydrogens (tertiary/aromatic N) is 1. The van der Waals surface area contributed by atoms with Gasteiger partial charge in [0.1, 0.15) is 17.3 Å². The number of rotatable bonds is 5. The number of aryl methyl sites for hydroxylation is 1. The molecule has 0 saturated heterocycles. The van der Waals surface area contributed by atoms with Crippen molar-refractivity contribution in [2.24, 2.45) is 4.99 Å². The normalized spacial score (nSPS) is 11.4. The second kappa shape index (κ2) is 6.53. The lowest BCUT2D eigenvalue weighted by Crippen LogP contribution is -1.96. The molecule has 2 rings (SSSR count). The molecule has 5 nitrogen and oxygen atoms in total. The summed E-state index contributed by atoms with van der Waals surface area (Å²) >= 11 is 5.77. The molecule has 0 bridgehead atoms. The maximum atomic E-state index is 13.2. The third kappa shape index (κ3) is 3.23. The maximum absolute atomic E-state index is 13.2. The first kappa shape index (κ1) is 15.9. The van der Waals surface area contributed by atoms with Crippen molar-refractivity contribution < 1.29 is 13.5 Å². The van der Waals surface area contributed by atoms with Crippen molar-refractivity contribution in [3.05, 3.63) is 46.2 Å². The Morgan fingerprint density at radius 2 is 2.27 bits per heavy atom. The van der Waals surface area contributed by atoms with Crippen LogP contribution in [0.5, 0.6) is 0 Å². The van der Waals surface area contributed by atoms with Crippen LogP contribution in [0.1, 0.15) is 11.3 Å². The molecular weight excluding hydrogens is 309 g/mol. The minimum Gasteiger partial charge on any atom is -0.481 e. The van der Waals surface area contributed by atoms with E-state index in [9.17, 15) is 4.39 Å². The van der Waals surface area contributed by atoms with Crippen LogP contribution in [0.15, 0.2) is 33.5 Å². The average molecular weight is 324 g/mol. The minimum atomic E-state index is -0.499. The molecule has 0 aliphatic rings. The third-order valence-electron chi connectivity index (χ3n) is 2.98. The van der Waals surface area contributed by atoms with Gasteiger partial charge in [0.15, 0.2) is 0 Å². The molecule has 22 heavy (non-hydrogen) atoms. The van der Waals surface area contributed by atoms with E-state index in [1.807, 2.05) is 0 Å². The summed E-state index contributed by atoms with van der Waals surface area (Å²) in [6.07, 6.45) is 1.63. The summed E-state index contributed by atoms with van der Waals surface area (Å²) in [5, 5.41) is 3.06. The number of ether oxygens (including phenoxy) is 1. The lowest BCUT2D eigenvalue weighted by Gasteiger charge is -2.08. The molecule has 0 radical (unpaired) electrons. The van der Waals surface area contributed by atoms with Crippen molar-refractivity contribution in [2.45, 2.75) is 6.92 Å². The highest BCUT2D eigenvalue weighted by molar-refractivity contribution is 6.31. The molecule has 116 valence electrons. The van der Waals surface area contributed by atoms with Crippen molar-refractivity contribution >= 4 is 41.7 Å². The zero-order valence-electron chi connectivity index (χ0n) is 12.1. The molecule has 0 saturated carbocycles. The highest BCUT2D eigenvalue weighted by Crippen LogP contribution is 2.35. The van der Waals surface area contributed by atoms with Gasteiger partial charge < -0.3 is 20.2 Å². The Balaban J connectivity index is 2.44. The van der Waals surface area contributed by atoms with Gasteiger partial charge in [0, 0.05) is 17.3 Å². The van der Waals surface area contributed by atoms with Crippen molar-refractivity contribution in [3.8, 4) is 0 Å². The summed E-state index contributed by atoms with van der Waals surface area (Å²) in [6.45, 7) is 5.17. The minimum absolute atomic E-state index is 0.00576. The van der Waals surface area contributed by atoms with E-state index >= 15 is 0 Å². The first-order valence-electron chi connectivity index (χ1n) is 6.29. The molecule has 0 aliphatic heterocycles. The van der Waals surface area contributed by atoms with Crippen molar-refractivity contribution in [3.63, 3.8) is 0 Å². The average Bonchev–Trinajstić information content (AvgIpc) is 2.74. The second-order valence-electron chi connectivity index (χ2n) is 4.41. The summed E-state index contributed by atoms with van der Waals surface area (Å²) in [5.41, 5.74) is 7.60. The Hall–Kier alpha value is -2.47. The van der Waals surface area contributed by atoms with Crippen LogP contribution in [0.4, 0.5) is 21.6 Å². The first-order valence-corrected chi connectivity index (χ1v) is 6.67. The van der Waals surface area contributed by atoms with E-state index in [-0.39, 0.29) is 10.9 Å². The monoisotopic (exact) mass is 323 g/mol. The number of methoxy groups -OCH3 is 1. The largest absolute Gasteiger partial charge is 0.481 e. The zero-order valence-corrected chi connectivity index (χ0v) is 12.9. The van der Waals surface area contributed by atoms with Gasteiger partial charge in [-0.25, -0.2) is 9.38 Å². The molecule has 0 unspecified atom stereocenters. The van der Waals surface area contributed by atoms with Crippen LogP contribution in [0.2, 0.25) is 5.02 Å². The predicted molar refractivity (Wildman–Crippen MR) is 87.1 cm³/mol. The number of nitrogens with one attached hydrogen (secondary N) is 1. The van der Waals surface area contributed by atoms with Crippen LogP contribution in [-0.2, 0) is 4.74 Å². The summed E-state index contributed by atoms with van der Waals surface area (Å²) in [6, 6.07) is 4.25. The lowest BCUT2D eigenvalue weighted by atomic mass is 10.2. The van der Waals surface area contributed by atoms with Gasteiger partial charge in [0.25, 0.3) is 0 Å². The van der Waals surface area contributed by atoms with Crippen LogP contribution in [0.25, 0.3) is 6.08 Å². The van der Waals surface area contributed by atoms with E-state index in [2.05, 4.69) is 17.0 Å². The van der Waals surface area contributed by atoms with Gasteiger partial charge in [0.2, 0.25) is 11.8 Å². The van der Waals surface area contributed by atoms with E-state index in [0.717, 1.165) is 0 Å². The van der Waals surface area contributed by atoms with Gasteiger partial charge in [-0.15, -0.1) is 0 Å². The number of benzene rings is 1. The third-order valence-corrected chi connectivity index (χ3v) is 3.27. The standard InChI is InChI=1S/C15H15ClFN3O2/c1-8-10(7-13(19-2)21-3)14(15(18)22-8)20-9-4-5-12(17)11(16)6-9/h4-7,20H,2,18H2,1,3H3/b13-7+. The lowest BCUT2D eigenvalue weighted by molar-refractivity contribution is 0.293. The van der Waals surface area contributed by atoms with Crippen LogP contribution < -0.4 is 11.1 Å². The Morgan fingerprint density at radius 3 is 2.86 bits per heavy atom. The zero-order chi connectivity index (χ0) is 16.3. The summed E-state index contributed by atoms with van der Waals surface area (Å²) in [7, 11) is 1.48. The van der Waals surface area contributed by atoms with Gasteiger partial charge in [-0.05, 0) is 31.8 Å². The van der Waals surface area contributed by atoms with E-state index < -0.39 is 5.82 Å². The fourth-order valence-corrected chi connectivity index (χ4v) is 2.07. The van der Waals surface area contributed by atoms with Crippen LogP contribution >= 0.6 is 11.6 Å². The Labute approximate surface area is 132 Å². The molecule has 1 aromatic heterocycles. The Bertz CT molecular complexity index is 741. The highest BCUT2D eigenvalue weighted by atomic mass is 35.5. The SMILES string of the molecule is C=N/C(=C\c1c(C)oc(N)c1Nc1ccc(F)c(Cl)c1)OC. The fraction of sp³-hybridized carbons (Fsp3) is 0.133. The Kier molecular flexibility index (Phi) is 4.72. The van der Waals surface area contributed by atoms with Crippen LogP contribution in [0.3, 0.4) is 0 Å². The quantitative estimate of drug-likeness (QED) is 0.633. The van der Waals surface area contributed by atoms with Gasteiger partial charge >= 0.3 is 0 Å². The molecule has 0 aliphatic carbocycles. The second-order valence-corrected chi connectivity index (χ2v) is 4.82. The first-order chi connectivity index (χ1) is 10.5. The predicted octanol–water partition coefficient (Wildman–Crippen LogP) is 4.35. The van der Waals surface area contributed by atoms with Crippen molar-refractivity contribution in [1.82, 2.24) is 0 Å². The number of aliphatic imine (C=N–C) groups is 1. The molecule has 2 aromatic rings. The molecule has 0 atom stereocenters. The fourth-order valence-electron chi connectivity index (χ4n) is 1.89. The molecule has 1 aromatic carbocycles. The number of hydrogen-bond acceptors (Lipinski definition) is 5. The molecule has 0 fully saturated rings. The molecule has 7 heteroatoms. The number of nitrogens with two attached hydrogens (primary N) is 1. The smallest absolute Gasteiger partial charge is 0.214 e. The number of hydrogen-bond donors (Lipinski definition) is 2. The summed E-state index contributed by atoms with van der Waals surface area (Å²) in [5.74, 6) is 0.570. The molecule has 1 heterocycles. The molecular formula is C15H15ClFN3O2. The van der Waals surface area contributed by atoms with E-state index in [1.54, 1.807) is 19.1 Å². The van der Waals surface area contributed by atoms with E-state index in [1.165, 1.54) is 19.2 Å². The van der Waals surface area contributed by atoms with E-state index in [0.29, 0.717) is 28.6 Å². The van der Waals surface area contributed by atoms with Crippen molar-refractivity contribution in [1.29, 1.82) is 0 Å². The summed E-state index contributed by atoms with van der Waals surface area (Å²) < 4.78 is 23.7. The topological polar surface area (TPSA) is 72.8 Å². The van der Waals surface area contributed by atoms with Crippen molar-refractivity contribution in [2.75, 3.05) is 18.2 Å². The van der Waals surface area contributed by atoms with E-state index in [4.69, 9.17) is 26.5 Å². The Morgan fingerprint density at radius 1 is 1.55 bits per heavy atom. The highest BCUT2D eigenvalue weighted by Gasteiger charge is 2.16. The van der Waals surface area contributed by atoms with Gasteiger partial charge in [-0.1, -0.05) is 11.6 Å². The molecule has 0 amide bonds. The van der Waals surface area contributed by atoms with Crippen LogP contribution in [-0.4, -0.2) is 13.8 Å². The van der Waals surface area contributed by atoms with Gasteiger partial charge in [-0.2, -0.15) is 0 Å². The molecule has 3 N–H and O–H groups in total. The maximum Gasteiger partial charge on any atom is 0.214 e. The van der Waals surface area contributed by atoms with Crippen LogP contribution in [0, 0.1) is 12.7 Å². The molecule has 0 spiro atoms. The summed E-state index contributed by atoms with van der Waals surface area (Å²) in [4.78, 5) is 3.73.